The number of ketones is 1. The SMILES string of the molecule is CC(=O)c1c(C)c2cc(Cl)cc(Cl)c2n1C. The summed E-state index contributed by atoms with van der Waals surface area (Å²) in [4.78, 5) is 11.6. The van der Waals surface area contributed by atoms with E-state index in [2.05, 4.69) is 0 Å². The van der Waals surface area contributed by atoms with Crippen molar-refractivity contribution >= 4 is 39.9 Å². The smallest absolute Gasteiger partial charge is 0.176 e. The molecule has 0 unspecified atom stereocenters. The summed E-state index contributed by atoms with van der Waals surface area (Å²) in [6, 6.07) is 3.53. The van der Waals surface area contributed by atoms with Gasteiger partial charge in [-0.25, -0.2) is 0 Å². The zero-order valence-corrected chi connectivity index (χ0v) is 10.8. The van der Waals surface area contributed by atoms with E-state index >= 15 is 0 Å². The Hall–Kier alpha value is -0.990. The largest absolute Gasteiger partial charge is 0.340 e. The Morgan fingerprint density at radius 2 is 1.94 bits per heavy atom. The zero-order valence-electron chi connectivity index (χ0n) is 9.27. The standard InChI is InChI=1S/C12H11Cl2NO/c1-6-9-4-8(13)5-10(14)12(9)15(3)11(6)7(2)16/h4-5H,1-3H3. The van der Waals surface area contributed by atoms with Crippen molar-refractivity contribution in [1.29, 1.82) is 0 Å². The van der Waals surface area contributed by atoms with Crippen molar-refractivity contribution in [2.45, 2.75) is 13.8 Å². The first-order chi connectivity index (χ1) is 7.43. The summed E-state index contributed by atoms with van der Waals surface area (Å²) in [6.07, 6.45) is 0. The lowest BCUT2D eigenvalue weighted by Crippen LogP contribution is -2.02. The molecule has 1 heterocycles. The van der Waals surface area contributed by atoms with Gasteiger partial charge in [-0.3, -0.25) is 4.79 Å². The van der Waals surface area contributed by atoms with Crippen LogP contribution in [0.3, 0.4) is 0 Å². The predicted molar refractivity (Wildman–Crippen MR) is 67.7 cm³/mol. The van der Waals surface area contributed by atoms with E-state index < -0.39 is 0 Å². The molecule has 2 rings (SSSR count). The van der Waals surface area contributed by atoms with Crippen molar-refractivity contribution in [2.75, 3.05) is 0 Å². The maximum absolute atomic E-state index is 11.6. The van der Waals surface area contributed by atoms with Gasteiger partial charge in [-0.05, 0) is 24.6 Å². The first kappa shape index (κ1) is 11.5. The highest BCUT2D eigenvalue weighted by Gasteiger charge is 2.17. The second kappa shape index (κ2) is 3.79. The Morgan fingerprint density at radius 3 is 2.50 bits per heavy atom. The van der Waals surface area contributed by atoms with E-state index in [-0.39, 0.29) is 5.78 Å². The van der Waals surface area contributed by atoms with E-state index in [4.69, 9.17) is 23.2 Å². The number of carbonyl (C=O) groups excluding carboxylic acids is 1. The summed E-state index contributed by atoms with van der Waals surface area (Å²) in [5.74, 6) is 0.0309. The van der Waals surface area contributed by atoms with Gasteiger partial charge in [-0.2, -0.15) is 0 Å². The van der Waals surface area contributed by atoms with Crippen LogP contribution in [0.5, 0.6) is 0 Å². The van der Waals surface area contributed by atoms with E-state index in [1.807, 2.05) is 24.6 Å². The van der Waals surface area contributed by atoms with Crippen molar-refractivity contribution in [3.05, 3.63) is 33.4 Å². The van der Waals surface area contributed by atoms with Crippen molar-refractivity contribution in [2.24, 2.45) is 7.05 Å². The lowest BCUT2D eigenvalue weighted by molar-refractivity contribution is 0.101. The van der Waals surface area contributed by atoms with Gasteiger partial charge in [0.1, 0.15) is 0 Å². The normalized spacial score (nSPS) is 11.1. The van der Waals surface area contributed by atoms with Crippen LogP contribution in [0.4, 0.5) is 0 Å². The molecule has 0 saturated carbocycles. The molecule has 2 nitrogen and oxygen atoms in total. The number of nitrogens with zero attached hydrogens (tertiary/aromatic N) is 1. The van der Waals surface area contributed by atoms with Gasteiger partial charge in [-0.15, -0.1) is 0 Å². The van der Waals surface area contributed by atoms with Crippen LogP contribution in [-0.4, -0.2) is 10.4 Å². The second-order valence-electron chi connectivity index (χ2n) is 3.87. The fourth-order valence-corrected chi connectivity index (χ4v) is 2.80. The molecule has 0 fully saturated rings. The maximum Gasteiger partial charge on any atom is 0.176 e. The van der Waals surface area contributed by atoms with Gasteiger partial charge in [0.05, 0.1) is 16.2 Å². The number of carbonyl (C=O) groups is 1. The molecule has 0 N–H and O–H groups in total. The van der Waals surface area contributed by atoms with Crippen LogP contribution >= 0.6 is 23.2 Å². The summed E-state index contributed by atoms with van der Waals surface area (Å²) in [7, 11) is 1.84. The molecule has 1 aromatic heterocycles. The monoisotopic (exact) mass is 255 g/mol. The molecular formula is C12H11Cl2NO. The summed E-state index contributed by atoms with van der Waals surface area (Å²) in [5.41, 5.74) is 2.46. The molecule has 0 atom stereocenters. The van der Waals surface area contributed by atoms with E-state index in [0.29, 0.717) is 15.7 Å². The molecule has 84 valence electrons. The first-order valence-corrected chi connectivity index (χ1v) is 5.64. The molecule has 1 aromatic carbocycles. The molecule has 4 heteroatoms. The van der Waals surface area contributed by atoms with Crippen LogP contribution in [0, 0.1) is 6.92 Å². The topological polar surface area (TPSA) is 22.0 Å². The third-order valence-corrected chi connectivity index (χ3v) is 3.30. The number of aryl methyl sites for hydroxylation is 2. The van der Waals surface area contributed by atoms with E-state index in [9.17, 15) is 4.79 Å². The van der Waals surface area contributed by atoms with E-state index in [1.165, 1.54) is 0 Å². The average Bonchev–Trinajstić information content (AvgIpc) is 2.38. The molecule has 0 saturated heterocycles. The predicted octanol–water partition coefficient (Wildman–Crippen LogP) is 4.00. The minimum atomic E-state index is 0.0309. The van der Waals surface area contributed by atoms with E-state index in [0.717, 1.165) is 16.5 Å². The first-order valence-electron chi connectivity index (χ1n) is 4.88. The van der Waals surface area contributed by atoms with Crippen LogP contribution in [0.2, 0.25) is 10.0 Å². The molecule has 0 aliphatic carbocycles. The molecule has 2 aromatic rings. The fourth-order valence-electron chi connectivity index (χ4n) is 2.18. The quantitative estimate of drug-likeness (QED) is 0.707. The number of Topliss-reactive ketones (excluding diaryl/α,β-unsaturated/α-hetero) is 1. The van der Waals surface area contributed by atoms with Crippen molar-refractivity contribution in [3.8, 4) is 0 Å². The van der Waals surface area contributed by atoms with Crippen molar-refractivity contribution in [1.82, 2.24) is 4.57 Å². The second-order valence-corrected chi connectivity index (χ2v) is 4.72. The van der Waals surface area contributed by atoms with Gasteiger partial charge in [-0.1, -0.05) is 23.2 Å². The highest BCUT2D eigenvalue weighted by molar-refractivity contribution is 6.38. The lowest BCUT2D eigenvalue weighted by atomic mass is 10.1. The average molecular weight is 256 g/mol. The third-order valence-electron chi connectivity index (χ3n) is 2.79. The number of hydrogen-bond donors (Lipinski definition) is 0. The Balaban J connectivity index is 2.99. The Bertz CT molecular complexity index is 599. The number of fused-ring (bicyclic) bond motifs is 1. The Labute approximate surface area is 104 Å². The molecule has 16 heavy (non-hydrogen) atoms. The highest BCUT2D eigenvalue weighted by Crippen LogP contribution is 2.33. The molecule has 0 aliphatic rings. The highest BCUT2D eigenvalue weighted by atomic mass is 35.5. The van der Waals surface area contributed by atoms with Gasteiger partial charge in [0.2, 0.25) is 0 Å². The molecule has 0 radical (unpaired) electrons. The molecular weight excluding hydrogens is 245 g/mol. The maximum atomic E-state index is 11.6. The van der Waals surface area contributed by atoms with E-state index in [1.54, 1.807) is 13.0 Å². The van der Waals surface area contributed by atoms with Gasteiger partial charge in [0, 0.05) is 24.4 Å². The summed E-state index contributed by atoms with van der Waals surface area (Å²) < 4.78 is 1.83. The number of hydrogen-bond acceptors (Lipinski definition) is 1. The number of benzene rings is 1. The fraction of sp³-hybridized carbons (Fsp3) is 0.250. The zero-order chi connectivity index (χ0) is 12.0. The number of aromatic nitrogens is 1. The molecule has 0 amide bonds. The number of halogens is 2. The van der Waals surface area contributed by atoms with Crippen LogP contribution < -0.4 is 0 Å². The van der Waals surface area contributed by atoms with Gasteiger partial charge >= 0.3 is 0 Å². The third kappa shape index (κ3) is 1.53. The molecule has 0 bridgehead atoms. The lowest BCUT2D eigenvalue weighted by Gasteiger charge is -2.02. The van der Waals surface area contributed by atoms with Crippen molar-refractivity contribution in [3.63, 3.8) is 0 Å². The molecule has 0 aliphatic heterocycles. The van der Waals surface area contributed by atoms with Crippen LogP contribution in [-0.2, 0) is 7.05 Å². The van der Waals surface area contributed by atoms with Gasteiger partial charge < -0.3 is 4.57 Å². The molecule has 0 spiro atoms. The minimum absolute atomic E-state index is 0.0309. The van der Waals surface area contributed by atoms with Gasteiger partial charge in [0.25, 0.3) is 0 Å². The Kier molecular flexibility index (Phi) is 2.72. The minimum Gasteiger partial charge on any atom is -0.340 e. The van der Waals surface area contributed by atoms with Gasteiger partial charge in [0.15, 0.2) is 5.78 Å². The summed E-state index contributed by atoms with van der Waals surface area (Å²) in [5, 5.41) is 2.09. The van der Waals surface area contributed by atoms with Crippen LogP contribution in [0.25, 0.3) is 10.9 Å². The summed E-state index contributed by atoms with van der Waals surface area (Å²) in [6.45, 7) is 3.46. The van der Waals surface area contributed by atoms with Crippen LogP contribution in [0.15, 0.2) is 12.1 Å². The number of rotatable bonds is 1. The Morgan fingerprint density at radius 1 is 1.31 bits per heavy atom. The van der Waals surface area contributed by atoms with Crippen molar-refractivity contribution < 1.29 is 4.79 Å². The van der Waals surface area contributed by atoms with Crippen LogP contribution in [0.1, 0.15) is 23.0 Å². The summed E-state index contributed by atoms with van der Waals surface area (Å²) >= 11 is 12.1.